The number of H-pyrrole nitrogens is 1. The molecule has 4 heterocycles. The Kier molecular flexibility index (Phi) is 6.15. The van der Waals surface area contributed by atoms with Gasteiger partial charge in [-0.2, -0.15) is 4.68 Å². The van der Waals surface area contributed by atoms with Gasteiger partial charge in [0.25, 0.3) is 0 Å². The second-order valence-electron chi connectivity index (χ2n) is 9.19. The highest BCUT2D eigenvalue weighted by Crippen LogP contribution is 2.32. The summed E-state index contributed by atoms with van der Waals surface area (Å²) in [6.45, 7) is 7.78. The zero-order valence-corrected chi connectivity index (χ0v) is 19.9. The molecule has 0 unspecified atom stereocenters. The number of piperidine rings is 1. The van der Waals surface area contributed by atoms with E-state index >= 15 is 0 Å². The molecule has 1 saturated heterocycles. The molecule has 4 aromatic rings. The van der Waals surface area contributed by atoms with Crippen LogP contribution in [-0.4, -0.2) is 43.7 Å². The van der Waals surface area contributed by atoms with Gasteiger partial charge in [-0.1, -0.05) is 36.8 Å². The Hall–Kier alpha value is -3.52. The van der Waals surface area contributed by atoms with Crippen molar-refractivity contribution in [3.8, 4) is 22.4 Å². The lowest BCUT2D eigenvalue weighted by Gasteiger charge is -2.26. The van der Waals surface area contributed by atoms with Gasteiger partial charge >= 0.3 is 11.6 Å². The van der Waals surface area contributed by atoms with Gasteiger partial charge in [-0.05, 0) is 70.4 Å². The van der Waals surface area contributed by atoms with E-state index in [2.05, 4.69) is 14.9 Å². The molecule has 5 rings (SSSR count). The lowest BCUT2D eigenvalue weighted by molar-refractivity contribution is -0.351. The summed E-state index contributed by atoms with van der Waals surface area (Å²) in [6.07, 6.45) is 4.72. The van der Waals surface area contributed by atoms with Crippen LogP contribution >= 0.6 is 0 Å². The number of hydrogen-bond donors (Lipinski definition) is 1. The van der Waals surface area contributed by atoms with E-state index in [1.165, 1.54) is 23.7 Å². The Bertz CT molecular complexity index is 1350. The SMILES string of the molecule is Cc1cc(-c2c(-c3ccccc3)[nH+]c(N)n3c(=O)n(CCCN4CCCCC4)nc23)cc(C)n1. The first-order chi connectivity index (χ1) is 16.5. The molecule has 176 valence electrons. The van der Waals surface area contributed by atoms with E-state index in [9.17, 15) is 4.79 Å². The summed E-state index contributed by atoms with van der Waals surface area (Å²) in [5, 5.41) is 4.81. The second kappa shape index (κ2) is 9.38. The molecule has 1 fully saturated rings. The van der Waals surface area contributed by atoms with E-state index in [-0.39, 0.29) is 11.6 Å². The highest BCUT2D eigenvalue weighted by atomic mass is 16.2. The number of nitrogens with zero attached hydrogens (tertiary/aromatic N) is 5. The molecule has 8 nitrogen and oxygen atoms in total. The molecule has 0 radical (unpaired) electrons. The largest absolute Gasteiger partial charge is 0.411 e. The third-order valence-corrected chi connectivity index (χ3v) is 6.53. The van der Waals surface area contributed by atoms with E-state index in [1.54, 1.807) is 4.68 Å². The summed E-state index contributed by atoms with van der Waals surface area (Å²) in [5.74, 6) is 0.271. The summed E-state index contributed by atoms with van der Waals surface area (Å²) in [5.41, 5.74) is 12.2. The highest BCUT2D eigenvalue weighted by molar-refractivity contribution is 5.88. The second-order valence-corrected chi connectivity index (χ2v) is 9.19. The van der Waals surface area contributed by atoms with E-state index in [0.29, 0.717) is 12.2 Å². The van der Waals surface area contributed by atoms with Gasteiger partial charge in [0.05, 0.1) is 5.56 Å². The summed E-state index contributed by atoms with van der Waals surface area (Å²) < 4.78 is 3.05. The predicted octanol–water partition coefficient (Wildman–Crippen LogP) is 3.11. The Balaban J connectivity index is 1.62. The molecular formula is C26H32N7O+. The first kappa shape index (κ1) is 22.3. The van der Waals surface area contributed by atoms with Crippen LogP contribution in [0, 0.1) is 13.8 Å². The van der Waals surface area contributed by atoms with Gasteiger partial charge in [0, 0.05) is 23.5 Å². The van der Waals surface area contributed by atoms with Gasteiger partial charge < -0.3 is 4.90 Å². The van der Waals surface area contributed by atoms with Crippen LogP contribution in [0.5, 0.6) is 0 Å². The Morgan fingerprint density at radius 1 is 0.971 bits per heavy atom. The minimum Gasteiger partial charge on any atom is -0.303 e. The molecule has 0 amide bonds. The molecule has 0 aliphatic carbocycles. The summed E-state index contributed by atoms with van der Waals surface area (Å²) >= 11 is 0. The van der Waals surface area contributed by atoms with Crippen molar-refractivity contribution < 1.29 is 4.98 Å². The van der Waals surface area contributed by atoms with Gasteiger partial charge in [-0.25, -0.2) is 9.78 Å². The van der Waals surface area contributed by atoms with Crippen molar-refractivity contribution in [1.29, 1.82) is 0 Å². The van der Waals surface area contributed by atoms with E-state index in [1.807, 2.05) is 56.3 Å². The molecule has 3 N–H and O–H groups in total. The number of anilines is 1. The maximum absolute atomic E-state index is 13.3. The summed E-state index contributed by atoms with van der Waals surface area (Å²) in [6, 6.07) is 14.1. The molecule has 3 aromatic heterocycles. The summed E-state index contributed by atoms with van der Waals surface area (Å²) in [7, 11) is 0. The quantitative estimate of drug-likeness (QED) is 0.479. The Morgan fingerprint density at radius 3 is 2.38 bits per heavy atom. The van der Waals surface area contributed by atoms with Gasteiger partial charge in [-0.15, -0.1) is 9.50 Å². The average molecular weight is 459 g/mol. The lowest BCUT2D eigenvalue weighted by atomic mass is 9.99. The molecule has 8 heteroatoms. The van der Waals surface area contributed by atoms with E-state index < -0.39 is 0 Å². The maximum atomic E-state index is 13.3. The number of rotatable bonds is 6. The zero-order valence-electron chi connectivity index (χ0n) is 19.9. The number of pyridine rings is 1. The molecule has 0 saturated carbocycles. The van der Waals surface area contributed by atoms with Crippen LogP contribution in [0.4, 0.5) is 5.95 Å². The molecule has 0 spiro atoms. The first-order valence-electron chi connectivity index (χ1n) is 12.1. The Labute approximate surface area is 199 Å². The number of aromatic amines is 1. The maximum Gasteiger partial charge on any atom is 0.411 e. The van der Waals surface area contributed by atoms with Crippen LogP contribution in [0.25, 0.3) is 28.0 Å². The number of fused-ring (bicyclic) bond motifs is 1. The number of nitrogens with two attached hydrogens (primary N) is 1. The fraction of sp³-hybridized carbons (Fsp3) is 0.385. The van der Waals surface area contributed by atoms with Crippen molar-refractivity contribution in [3.05, 3.63) is 64.3 Å². The van der Waals surface area contributed by atoms with Crippen molar-refractivity contribution in [2.24, 2.45) is 0 Å². The molecule has 0 bridgehead atoms. The molecule has 1 aliphatic heterocycles. The van der Waals surface area contributed by atoms with Crippen molar-refractivity contribution in [2.75, 3.05) is 25.4 Å². The average Bonchev–Trinajstić information content (AvgIpc) is 3.16. The standard InChI is InChI=1S/C26H31N7O/c1-18-16-21(17-19(2)28-18)22-23(20-10-5-3-6-11-20)29-25(27)33-24(22)30-32(26(33)34)15-9-14-31-12-7-4-8-13-31/h3,5-6,10-11,16-17H,4,7-9,12-15H2,1-2H3,(H2,27,29)/p+1. The summed E-state index contributed by atoms with van der Waals surface area (Å²) in [4.78, 5) is 23.6. The number of aromatic nitrogens is 5. The third-order valence-electron chi connectivity index (χ3n) is 6.53. The molecule has 0 atom stereocenters. The number of nitrogens with one attached hydrogen (secondary N) is 1. The number of nitrogen functional groups attached to an aromatic ring is 1. The zero-order chi connectivity index (χ0) is 23.7. The number of hydrogen-bond acceptors (Lipinski definition) is 5. The highest BCUT2D eigenvalue weighted by Gasteiger charge is 2.26. The minimum absolute atomic E-state index is 0.217. The van der Waals surface area contributed by atoms with Crippen molar-refractivity contribution in [2.45, 2.75) is 46.1 Å². The number of aryl methyl sites for hydroxylation is 3. The molecular weight excluding hydrogens is 426 g/mol. The first-order valence-corrected chi connectivity index (χ1v) is 12.1. The fourth-order valence-electron chi connectivity index (χ4n) is 4.99. The topological polar surface area (TPSA) is 95.6 Å². The van der Waals surface area contributed by atoms with Gasteiger partial charge in [-0.3, -0.25) is 10.7 Å². The van der Waals surface area contributed by atoms with Crippen LogP contribution in [-0.2, 0) is 6.54 Å². The van der Waals surface area contributed by atoms with E-state index in [4.69, 9.17) is 10.8 Å². The van der Waals surface area contributed by atoms with Gasteiger partial charge in [0.2, 0.25) is 5.65 Å². The Morgan fingerprint density at radius 2 is 1.68 bits per heavy atom. The molecule has 1 aliphatic rings. The van der Waals surface area contributed by atoms with Gasteiger partial charge in [0.15, 0.2) is 0 Å². The smallest absolute Gasteiger partial charge is 0.303 e. The van der Waals surface area contributed by atoms with Crippen LogP contribution in [0.15, 0.2) is 47.3 Å². The fourth-order valence-corrected chi connectivity index (χ4v) is 4.99. The minimum atomic E-state index is -0.217. The molecule has 34 heavy (non-hydrogen) atoms. The van der Waals surface area contributed by atoms with Crippen molar-refractivity contribution in [1.82, 2.24) is 24.1 Å². The van der Waals surface area contributed by atoms with Gasteiger partial charge in [0.1, 0.15) is 5.69 Å². The molecule has 1 aromatic carbocycles. The normalized spacial score (nSPS) is 14.6. The van der Waals surface area contributed by atoms with Crippen LogP contribution in [0.1, 0.15) is 37.1 Å². The van der Waals surface area contributed by atoms with Crippen molar-refractivity contribution >= 4 is 11.6 Å². The van der Waals surface area contributed by atoms with Crippen LogP contribution in [0.2, 0.25) is 0 Å². The lowest BCUT2D eigenvalue weighted by Crippen LogP contribution is -2.32. The predicted molar refractivity (Wildman–Crippen MR) is 133 cm³/mol. The number of benzene rings is 1. The van der Waals surface area contributed by atoms with Crippen molar-refractivity contribution in [3.63, 3.8) is 0 Å². The van der Waals surface area contributed by atoms with Crippen LogP contribution < -0.4 is 16.4 Å². The monoisotopic (exact) mass is 458 g/mol. The van der Waals surface area contributed by atoms with Crippen LogP contribution in [0.3, 0.4) is 0 Å². The third kappa shape index (κ3) is 4.33. The van der Waals surface area contributed by atoms with E-state index in [0.717, 1.165) is 59.8 Å². The number of likely N-dealkylation sites (tertiary alicyclic amines) is 1.